The summed E-state index contributed by atoms with van der Waals surface area (Å²) in [6, 6.07) is 6.29. The highest BCUT2D eigenvalue weighted by Gasteiger charge is 2.43. The maximum Gasteiger partial charge on any atom is 0.408 e. The first-order chi connectivity index (χ1) is 15.1. The number of unbranched alkanes of at least 4 members (excludes halogenated alkanes) is 1. The first-order valence-electron chi connectivity index (χ1n) is 11.8. The predicted octanol–water partition coefficient (Wildman–Crippen LogP) is 4.11. The molecule has 3 amide bonds. The van der Waals surface area contributed by atoms with Gasteiger partial charge in [0, 0.05) is 12.6 Å². The van der Waals surface area contributed by atoms with E-state index in [4.69, 9.17) is 4.74 Å². The van der Waals surface area contributed by atoms with Gasteiger partial charge in [-0.3, -0.25) is 9.59 Å². The minimum absolute atomic E-state index is 0.0156. The maximum absolute atomic E-state index is 13.5. The van der Waals surface area contributed by atoms with Gasteiger partial charge in [0.25, 0.3) is 0 Å². The highest BCUT2D eigenvalue weighted by Crippen LogP contribution is 2.35. The molecule has 2 rings (SSSR count). The fraction of sp³-hybridized carbons (Fsp3) is 0.640. The van der Waals surface area contributed by atoms with E-state index >= 15 is 0 Å². The van der Waals surface area contributed by atoms with Crippen LogP contribution in [-0.2, 0) is 20.7 Å². The number of hydrogen-bond donors (Lipinski definition) is 2. The molecule has 0 heterocycles. The Labute approximate surface area is 192 Å². The van der Waals surface area contributed by atoms with Gasteiger partial charge in [-0.15, -0.1) is 0 Å². The molecule has 0 spiro atoms. The molecule has 0 aromatic heterocycles. The van der Waals surface area contributed by atoms with Crippen LogP contribution in [0.15, 0.2) is 24.3 Å². The number of alkyl carbamates (subject to hydrolysis) is 1. The van der Waals surface area contributed by atoms with Crippen LogP contribution in [-0.4, -0.2) is 47.0 Å². The van der Waals surface area contributed by atoms with Gasteiger partial charge in [0.05, 0.1) is 0 Å². The number of ether oxygens (including phenoxy) is 1. The molecule has 1 aliphatic carbocycles. The van der Waals surface area contributed by atoms with E-state index in [0.29, 0.717) is 6.54 Å². The largest absolute Gasteiger partial charge is 0.444 e. The lowest BCUT2D eigenvalue weighted by molar-refractivity contribution is -0.142. The van der Waals surface area contributed by atoms with Crippen molar-refractivity contribution >= 4 is 17.9 Å². The van der Waals surface area contributed by atoms with Gasteiger partial charge in [0.15, 0.2) is 0 Å². The Balaban J connectivity index is 2.28. The van der Waals surface area contributed by atoms with Crippen molar-refractivity contribution in [2.75, 3.05) is 6.54 Å². The Morgan fingerprint density at radius 1 is 1.12 bits per heavy atom. The number of aryl methyl sites for hydroxylation is 1. The summed E-state index contributed by atoms with van der Waals surface area (Å²) < 4.78 is 5.30. The topological polar surface area (TPSA) is 87.7 Å². The maximum atomic E-state index is 13.5. The van der Waals surface area contributed by atoms with Crippen LogP contribution >= 0.6 is 0 Å². The molecular weight excluding hydrogens is 406 g/mol. The zero-order chi connectivity index (χ0) is 23.9. The fourth-order valence-electron chi connectivity index (χ4n) is 3.50. The second-order valence-corrected chi connectivity index (χ2v) is 9.49. The lowest BCUT2D eigenvalue weighted by atomic mass is 10.0. The van der Waals surface area contributed by atoms with Crippen LogP contribution in [0.25, 0.3) is 0 Å². The Kier molecular flexibility index (Phi) is 9.10. The number of rotatable bonds is 10. The average molecular weight is 446 g/mol. The van der Waals surface area contributed by atoms with Crippen molar-refractivity contribution in [1.29, 1.82) is 0 Å². The van der Waals surface area contributed by atoms with Crippen molar-refractivity contribution < 1.29 is 19.1 Å². The molecule has 2 unspecified atom stereocenters. The molecule has 7 heteroatoms. The van der Waals surface area contributed by atoms with Crippen molar-refractivity contribution in [3.63, 3.8) is 0 Å². The van der Waals surface area contributed by atoms with E-state index in [9.17, 15) is 14.4 Å². The number of benzene rings is 1. The summed E-state index contributed by atoms with van der Waals surface area (Å²) in [7, 11) is 0. The summed E-state index contributed by atoms with van der Waals surface area (Å²) in [5.74, 6) is -0.471. The molecule has 2 N–H and O–H groups in total. The average Bonchev–Trinajstić information content (AvgIpc) is 3.55. The molecular formula is C25H39N3O4. The molecule has 1 saturated carbocycles. The van der Waals surface area contributed by atoms with E-state index in [1.807, 2.05) is 24.3 Å². The second kappa shape index (κ2) is 11.3. The Morgan fingerprint density at radius 3 is 2.25 bits per heavy atom. The molecule has 0 radical (unpaired) electrons. The molecule has 1 fully saturated rings. The van der Waals surface area contributed by atoms with Gasteiger partial charge in [-0.2, -0.15) is 0 Å². The SMILES string of the molecule is CCCCNC(=O)C(c1ccc(CC)cc1)N(C(=O)C(C)NC(=O)OC(C)(C)C)C1CC1. The zero-order valence-electron chi connectivity index (χ0n) is 20.4. The number of hydrogen-bond acceptors (Lipinski definition) is 4. The minimum Gasteiger partial charge on any atom is -0.444 e. The summed E-state index contributed by atoms with van der Waals surface area (Å²) >= 11 is 0. The number of nitrogens with one attached hydrogen (secondary N) is 2. The van der Waals surface area contributed by atoms with Crippen molar-refractivity contribution in [2.24, 2.45) is 0 Å². The van der Waals surface area contributed by atoms with Gasteiger partial charge in [0.2, 0.25) is 11.8 Å². The second-order valence-electron chi connectivity index (χ2n) is 9.49. The molecule has 32 heavy (non-hydrogen) atoms. The molecule has 7 nitrogen and oxygen atoms in total. The first-order valence-corrected chi connectivity index (χ1v) is 11.8. The van der Waals surface area contributed by atoms with Gasteiger partial charge >= 0.3 is 6.09 Å². The van der Waals surface area contributed by atoms with E-state index in [1.165, 1.54) is 5.56 Å². The van der Waals surface area contributed by atoms with Gasteiger partial charge in [-0.25, -0.2) is 4.79 Å². The molecule has 1 aliphatic rings. The number of carbonyl (C=O) groups is 3. The highest BCUT2D eigenvalue weighted by molar-refractivity contribution is 5.92. The first kappa shape index (κ1) is 25.7. The van der Waals surface area contributed by atoms with E-state index in [-0.39, 0.29) is 17.9 Å². The van der Waals surface area contributed by atoms with Crippen LogP contribution in [0, 0.1) is 0 Å². The number of amides is 3. The molecule has 0 saturated heterocycles. The Hall–Kier alpha value is -2.57. The molecule has 0 bridgehead atoms. The standard InChI is InChI=1S/C25H39N3O4/c1-7-9-16-26-22(29)21(19-12-10-18(8-2)11-13-19)28(20-14-15-20)23(30)17(3)27-24(31)32-25(4,5)6/h10-13,17,20-21H,7-9,14-16H2,1-6H3,(H,26,29)(H,27,31). The van der Waals surface area contributed by atoms with E-state index in [1.54, 1.807) is 32.6 Å². The van der Waals surface area contributed by atoms with E-state index in [0.717, 1.165) is 37.7 Å². The van der Waals surface area contributed by atoms with Gasteiger partial charge < -0.3 is 20.3 Å². The number of nitrogens with zero attached hydrogens (tertiary/aromatic N) is 1. The van der Waals surface area contributed by atoms with Gasteiger partial charge in [-0.1, -0.05) is 44.5 Å². The normalized spacial score (nSPS) is 15.4. The summed E-state index contributed by atoms with van der Waals surface area (Å²) in [6.45, 7) is 11.7. The molecule has 178 valence electrons. The van der Waals surface area contributed by atoms with Gasteiger partial charge in [0.1, 0.15) is 17.7 Å². The Bertz CT molecular complexity index is 781. The van der Waals surface area contributed by atoms with Crippen molar-refractivity contribution in [1.82, 2.24) is 15.5 Å². The highest BCUT2D eigenvalue weighted by atomic mass is 16.6. The zero-order valence-corrected chi connectivity index (χ0v) is 20.4. The third kappa shape index (κ3) is 7.53. The van der Waals surface area contributed by atoms with Crippen LogP contribution in [0.3, 0.4) is 0 Å². The summed E-state index contributed by atoms with van der Waals surface area (Å²) in [4.78, 5) is 40.6. The Morgan fingerprint density at radius 2 is 1.75 bits per heavy atom. The smallest absolute Gasteiger partial charge is 0.408 e. The quantitative estimate of drug-likeness (QED) is 0.531. The van der Waals surface area contributed by atoms with Crippen LogP contribution in [0.2, 0.25) is 0 Å². The molecule has 1 aromatic carbocycles. The molecule has 0 aliphatic heterocycles. The number of carbonyl (C=O) groups excluding carboxylic acids is 3. The van der Waals surface area contributed by atoms with Crippen LogP contribution in [0.4, 0.5) is 4.79 Å². The lowest BCUT2D eigenvalue weighted by Crippen LogP contribution is -2.52. The summed E-state index contributed by atoms with van der Waals surface area (Å²) in [6.07, 6.45) is 3.79. The van der Waals surface area contributed by atoms with Crippen LogP contribution in [0.5, 0.6) is 0 Å². The fourth-order valence-corrected chi connectivity index (χ4v) is 3.50. The molecule has 1 aromatic rings. The summed E-state index contributed by atoms with van der Waals surface area (Å²) in [5.41, 5.74) is 1.29. The lowest BCUT2D eigenvalue weighted by Gasteiger charge is -2.34. The van der Waals surface area contributed by atoms with Crippen LogP contribution in [0.1, 0.15) is 84.4 Å². The third-order valence-electron chi connectivity index (χ3n) is 5.36. The third-order valence-corrected chi connectivity index (χ3v) is 5.36. The van der Waals surface area contributed by atoms with Crippen molar-refractivity contribution in [3.8, 4) is 0 Å². The van der Waals surface area contributed by atoms with Crippen molar-refractivity contribution in [3.05, 3.63) is 35.4 Å². The monoisotopic (exact) mass is 445 g/mol. The van der Waals surface area contributed by atoms with Crippen LogP contribution < -0.4 is 10.6 Å². The predicted molar refractivity (Wildman–Crippen MR) is 125 cm³/mol. The minimum atomic E-state index is -0.814. The molecule has 2 atom stereocenters. The van der Waals surface area contributed by atoms with E-state index in [2.05, 4.69) is 24.5 Å². The summed E-state index contributed by atoms with van der Waals surface area (Å²) in [5, 5.41) is 5.63. The van der Waals surface area contributed by atoms with Crippen molar-refractivity contribution in [2.45, 2.75) is 97.4 Å². The van der Waals surface area contributed by atoms with E-state index < -0.39 is 23.8 Å². The van der Waals surface area contributed by atoms with Gasteiger partial charge in [-0.05, 0) is 64.5 Å².